The van der Waals surface area contributed by atoms with E-state index in [1.807, 2.05) is 24.3 Å². The van der Waals surface area contributed by atoms with Crippen molar-refractivity contribution in [1.29, 1.82) is 0 Å². The van der Waals surface area contributed by atoms with E-state index in [-0.39, 0.29) is 12.5 Å². The molecule has 22 heavy (non-hydrogen) atoms. The minimum absolute atomic E-state index is 0.120. The van der Waals surface area contributed by atoms with Crippen molar-refractivity contribution in [3.05, 3.63) is 58.6 Å². The third-order valence-electron chi connectivity index (χ3n) is 2.68. The van der Waals surface area contributed by atoms with E-state index in [1.54, 1.807) is 37.6 Å². The summed E-state index contributed by atoms with van der Waals surface area (Å²) in [6, 6.07) is 14.6. The van der Waals surface area contributed by atoms with Gasteiger partial charge in [0.05, 0.1) is 13.3 Å². The van der Waals surface area contributed by atoms with Crippen LogP contribution in [0.25, 0.3) is 0 Å². The lowest BCUT2D eigenvalue weighted by Crippen LogP contribution is -2.24. The summed E-state index contributed by atoms with van der Waals surface area (Å²) in [6.07, 6.45) is 1.57. The Morgan fingerprint density at radius 2 is 1.95 bits per heavy atom. The summed E-state index contributed by atoms with van der Waals surface area (Å²) in [5.74, 6) is 0.897. The molecule has 0 saturated carbocycles. The maximum Gasteiger partial charge on any atom is 0.277 e. The number of methoxy groups -OCH3 is 1. The van der Waals surface area contributed by atoms with Gasteiger partial charge in [0.15, 0.2) is 6.61 Å². The monoisotopic (exact) mass is 362 g/mol. The minimum atomic E-state index is -0.337. The molecule has 0 aromatic heterocycles. The Morgan fingerprint density at radius 3 is 2.68 bits per heavy atom. The van der Waals surface area contributed by atoms with Crippen LogP contribution >= 0.6 is 15.9 Å². The zero-order valence-electron chi connectivity index (χ0n) is 12.0. The number of amides is 1. The van der Waals surface area contributed by atoms with Crippen LogP contribution < -0.4 is 14.9 Å². The molecule has 0 bridgehead atoms. The molecule has 0 fully saturated rings. The second kappa shape index (κ2) is 8.19. The van der Waals surface area contributed by atoms with E-state index in [1.165, 1.54) is 0 Å². The summed E-state index contributed by atoms with van der Waals surface area (Å²) in [5, 5.41) is 3.87. The number of benzene rings is 2. The van der Waals surface area contributed by atoms with Gasteiger partial charge in [-0.05, 0) is 29.8 Å². The first-order valence-corrected chi connectivity index (χ1v) is 7.31. The Balaban J connectivity index is 1.79. The lowest BCUT2D eigenvalue weighted by molar-refractivity contribution is -0.123. The van der Waals surface area contributed by atoms with Gasteiger partial charge in [-0.1, -0.05) is 34.1 Å². The molecule has 1 N–H and O–H groups in total. The molecule has 0 spiro atoms. The fourth-order valence-corrected chi connectivity index (χ4v) is 1.86. The molecule has 0 saturated heterocycles. The SMILES string of the molecule is COc1cccc(OCC(=O)N/N=C/c2ccc(Br)cc2)c1. The average Bonchev–Trinajstić information content (AvgIpc) is 2.55. The highest BCUT2D eigenvalue weighted by molar-refractivity contribution is 9.10. The second-order valence-corrected chi connectivity index (χ2v) is 5.23. The van der Waals surface area contributed by atoms with Crippen LogP contribution in [0.2, 0.25) is 0 Å². The van der Waals surface area contributed by atoms with Crippen molar-refractivity contribution in [2.24, 2.45) is 5.10 Å². The van der Waals surface area contributed by atoms with E-state index >= 15 is 0 Å². The lowest BCUT2D eigenvalue weighted by atomic mass is 10.2. The lowest BCUT2D eigenvalue weighted by Gasteiger charge is -2.06. The zero-order valence-corrected chi connectivity index (χ0v) is 13.5. The summed E-state index contributed by atoms with van der Waals surface area (Å²) in [6.45, 7) is -0.120. The molecule has 0 radical (unpaired) electrons. The predicted octanol–water partition coefficient (Wildman–Crippen LogP) is 2.99. The number of nitrogens with one attached hydrogen (secondary N) is 1. The number of rotatable bonds is 6. The first kappa shape index (κ1) is 16.0. The molecule has 0 aliphatic rings. The molecule has 0 unspecified atom stereocenters. The van der Waals surface area contributed by atoms with Crippen molar-refractivity contribution in [2.75, 3.05) is 13.7 Å². The first-order chi connectivity index (χ1) is 10.7. The number of ether oxygens (including phenoxy) is 2. The van der Waals surface area contributed by atoms with Gasteiger partial charge in [-0.25, -0.2) is 5.43 Å². The molecule has 2 aromatic carbocycles. The molecule has 0 aliphatic carbocycles. The molecule has 0 atom stereocenters. The molecule has 6 heteroatoms. The van der Waals surface area contributed by atoms with Crippen molar-refractivity contribution in [3.63, 3.8) is 0 Å². The molecular formula is C16H15BrN2O3. The Labute approximate surface area is 137 Å². The average molecular weight is 363 g/mol. The molecule has 2 rings (SSSR count). The van der Waals surface area contributed by atoms with Gasteiger partial charge in [0.25, 0.3) is 5.91 Å². The number of hydrogen-bond acceptors (Lipinski definition) is 4. The van der Waals surface area contributed by atoms with Crippen LogP contribution in [0, 0.1) is 0 Å². The van der Waals surface area contributed by atoms with Crippen molar-refractivity contribution in [3.8, 4) is 11.5 Å². The smallest absolute Gasteiger partial charge is 0.277 e. The van der Waals surface area contributed by atoms with Crippen molar-refractivity contribution < 1.29 is 14.3 Å². The van der Waals surface area contributed by atoms with Gasteiger partial charge in [0.1, 0.15) is 11.5 Å². The van der Waals surface area contributed by atoms with Crippen molar-refractivity contribution >= 4 is 28.1 Å². The van der Waals surface area contributed by atoms with Crippen LogP contribution in [0.5, 0.6) is 11.5 Å². The quantitative estimate of drug-likeness (QED) is 0.634. The molecule has 0 heterocycles. The fourth-order valence-electron chi connectivity index (χ4n) is 1.60. The van der Waals surface area contributed by atoms with Crippen LogP contribution in [0.4, 0.5) is 0 Å². The van der Waals surface area contributed by atoms with Gasteiger partial charge in [-0.15, -0.1) is 0 Å². The van der Waals surface area contributed by atoms with E-state index in [4.69, 9.17) is 9.47 Å². The summed E-state index contributed by atoms with van der Waals surface area (Å²) >= 11 is 3.35. The summed E-state index contributed by atoms with van der Waals surface area (Å²) in [7, 11) is 1.57. The predicted molar refractivity (Wildman–Crippen MR) is 88.4 cm³/mol. The van der Waals surface area contributed by atoms with E-state index in [0.717, 1.165) is 10.0 Å². The van der Waals surface area contributed by atoms with Gasteiger partial charge in [-0.3, -0.25) is 4.79 Å². The van der Waals surface area contributed by atoms with Crippen molar-refractivity contribution in [2.45, 2.75) is 0 Å². The highest BCUT2D eigenvalue weighted by atomic mass is 79.9. The van der Waals surface area contributed by atoms with Crippen LogP contribution in [-0.2, 0) is 4.79 Å². The van der Waals surface area contributed by atoms with E-state index < -0.39 is 0 Å². The number of carbonyl (C=O) groups is 1. The normalized spacial score (nSPS) is 10.5. The molecule has 5 nitrogen and oxygen atoms in total. The summed E-state index contributed by atoms with van der Waals surface area (Å²) in [4.78, 5) is 11.6. The zero-order chi connectivity index (χ0) is 15.8. The largest absolute Gasteiger partial charge is 0.497 e. The minimum Gasteiger partial charge on any atom is -0.497 e. The maximum absolute atomic E-state index is 11.6. The van der Waals surface area contributed by atoms with Gasteiger partial charge in [-0.2, -0.15) is 5.10 Å². The number of carbonyl (C=O) groups excluding carboxylic acids is 1. The van der Waals surface area contributed by atoms with Crippen LogP contribution in [0.15, 0.2) is 58.1 Å². The van der Waals surface area contributed by atoms with Gasteiger partial charge in [0.2, 0.25) is 0 Å². The first-order valence-electron chi connectivity index (χ1n) is 6.52. The van der Waals surface area contributed by atoms with E-state index in [2.05, 4.69) is 26.5 Å². The fraction of sp³-hybridized carbons (Fsp3) is 0.125. The van der Waals surface area contributed by atoms with Crippen molar-refractivity contribution in [1.82, 2.24) is 5.43 Å². The number of halogens is 1. The second-order valence-electron chi connectivity index (χ2n) is 4.31. The molecule has 0 aliphatic heterocycles. The van der Waals surface area contributed by atoms with Crippen LogP contribution in [0.1, 0.15) is 5.56 Å². The van der Waals surface area contributed by atoms with Crippen LogP contribution in [-0.4, -0.2) is 25.8 Å². The summed E-state index contributed by atoms with van der Waals surface area (Å²) < 4.78 is 11.4. The Hall–Kier alpha value is -2.34. The van der Waals surface area contributed by atoms with Gasteiger partial charge in [0, 0.05) is 10.5 Å². The summed E-state index contributed by atoms with van der Waals surface area (Å²) in [5.41, 5.74) is 3.29. The highest BCUT2D eigenvalue weighted by Crippen LogP contribution is 2.18. The topological polar surface area (TPSA) is 59.9 Å². The van der Waals surface area contributed by atoms with E-state index in [9.17, 15) is 4.79 Å². The number of hydrazone groups is 1. The highest BCUT2D eigenvalue weighted by Gasteiger charge is 2.02. The molecular weight excluding hydrogens is 348 g/mol. The van der Waals surface area contributed by atoms with Gasteiger partial charge >= 0.3 is 0 Å². The third kappa shape index (κ3) is 5.21. The standard InChI is InChI=1S/C16H15BrN2O3/c1-21-14-3-2-4-15(9-14)22-11-16(20)19-18-10-12-5-7-13(17)8-6-12/h2-10H,11H2,1H3,(H,19,20)/b18-10+. The maximum atomic E-state index is 11.6. The molecule has 1 amide bonds. The third-order valence-corrected chi connectivity index (χ3v) is 3.21. The number of nitrogens with zero attached hydrogens (tertiary/aromatic N) is 1. The Kier molecular flexibility index (Phi) is 5.97. The van der Waals surface area contributed by atoms with E-state index in [0.29, 0.717) is 11.5 Å². The Morgan fingerprint density at radius 1 is 1.23 bits per heavy atom. The van der Waals surface area contributed by atoms with Crippen LogP contribution in [0.3, 0.4) is 0 Å². The Bertz CT molecular complexity index is 657. The van der Waals surface area contributed by atoms with Gasteiger partial charge < -0.3 is 9.47 Å². The number of hydrogen-bond donors (Lipinski definition) is 1. The molecule has 114 valence electrons. The molecule has 2 aromatic rings.